The lowest BCUT2D eigenvalue weighted by molar-refractivity contribution is 0.357. The third kappa shape index (κ3) is 2.76. The molecule has 1 fully saturated rings. The minimum atomic E-state index is -3.68. The van der Waals surface area contributed by atoms with Crippen LogP contribution >= 0.6 is 0 Å². The maximum atomic E-state index is 12.6. The standard InChI is InChI=1S/C11H19N3O4S2/c1-9-8-19(15,16)4-3-14(9)20(17,18)11-5-10(6-12)13(2)7-11/h5,7,9H,3-4,6,8,12H2,1-2H3. The maximum Gasteiger partial charge on any atom is 0.244 e. The largest absolute Gasteiger partial charge is 0.352 e. The first kappa shape index (κ1) is 15.5. The Balaban J connectivity index is 2.35. The Bertz CT molecular complexity index is 706. The number of aryl methyl sites for hydroxylation is 1. The number of aromatic nitrogens is 1. The molecule has 0 radical (unpaired) electrons. The van der Waals surface area contributed by atoms with Gasteiger partial charge in [-0.25, -0.2) is 16.8 Å². The number of sulfonamides is 1. The molecule has 20 heavy (non-hydrogen) atoms. The van der Waals surface area contributed by atoms with E-state index in [1.165, 1.54) is 16.6 Å². The average molecular weight is 321 g/mol. The van der Waals surface area contributed by atoms with Crippen molar-refractivity contribution in [2.24, 2.45) is 12.8 Å². The molecule has 114 valence electrons. The van der Waals surface area contributed by atoms with Crippen LogP contribution in [0.25, 0.3) is 0 Å². The van der Waals surface area contributed by atoms with Gasteiger partial charge < -0.3 is 10.3 Å². The number of nitrogens with zero attached hydrogens (tertiary/aromatic N) is 2. The van der Waals surface area contributed by atoms with E-state index in [-0.39, 0.29) is 29.5 Å². The fourth-order valence-corrected chi connectivity index (χ4v) is 5.89. The highest BCUT2D eigenvalue weighted by Gasteiger charge is 2.37. The van der Waals surface area contributed by atoms with Gasteiger partial charge in [-0.2, -0.15) is 4.31 Å². The summed E-state index contributed by atoms with van der Waals surface area (Å²) in [6.07, 6.45) is 1.51. The Morgan fingerprint density at radius 2 is 2.10 bits per heavy atom. The number of hydrogen-bond donors (Lipinski definition) is 1. The van der Waals surface area contributed by atoms with Crippen LogP contribution in [0.15, 0.2) is 17.2 Å². The maximum absolute atomic E-state index is 12.6. The van der Waals surface area contributed by atoms with Crippen molar-refractivity contribution in [2.75, 3.05) is 18.1 Å². The number of nitrogens with two attached hydrogens (primary N) is 1. The van der Waals surface area contributed by atoms with Crippen LogP contribution in [0.4, 0.5) is 0 Å². The molecule has 0 saturated carbocycles. The second kappa shape index (κ2) is 5.14. The van der Waals surface area contributed by atoms with Crippen molar-refractivity contribution in [3.05, 3.63) is 18.0 Å². The average Bonchev–Trinajstić information content (AvgIpc) is 2.69. The SMILES string of the molecule is CC1CS(=O)(=O)CCN1S(=O)(=O)c1cc(CN)n(C)c1. The molecule has 2 N–H and O–H groups in total. The third-order valence-corrected chi connectivity index (χ3v) is 7.28. The van der Waals surface area contributed by atoms with E-state index in [2.05, 4.69) is 0 Å². The van der Waals surface area contributed by atoms with Crippen LogP contribution in [0, 0.1) is 0 Å². The molecule has 7 nitrogen and oxygen atoms in total. The summed E-state index contributed by atoms with van der Waals surface area (Å²) in [6.45, 7) is 1.86. The quantitative estimate of drug-likeness (QED) is 0.792. The van der Waals surface area contributed by atoms with Crippen LogP contribution in [0.3, 0.4) is 0 Å². The van der Waals surface area contributed by atoms with Gasteiger partial charge in [-0.05, 0) is 13.0 Å². The zero-order chi connectivity index (χ0) is 15.1. The smallest absolute Gasteiger partial charge is 0.244 e. The first-order chi connectivity index (χ1) is 9.17. The Morgan fingerprint density at radius 3 is 2.60 bits per heavy atom. The molecule has 0 spiro atoms. The molecule has 2 heterocycles. The Morgan fingerprint density at radius 1 is 1.45 bits per heavy atom. The van der Waals surface area contributed by atoms with Crippen LogP contribution < -0.4 is 5.73 Å². The van der Waals surface area contributed by atoms with Crippen molar-refractivity contribution >= 4 is 19.9 Å². The molecule has 0 aliphatic carbocycles. The summed E-state index contributed by atoms with van der Waals surface area (Å²) in [5.41, 5.74) is 6.25. The molecule has 1 aliphatic heterocycles. The Labute approximate surface area is 119 Å². The van der Waals surface area contributed by atoms with E-state index < -0.39 is 25.9 Å². The monoisotopic (exact) mass is 321 g/mol. The van der Waals surface area contributed by atoms with Gasteiger partial charge in [0.25, 0.3) is 0 Å². The van der Waals surface area contributed by atoms with Gasteiger partial charge in [-0.15, -0.1) is 0 Å². The van der Waals surface area contributed by atoms with Gasteiger partial charge in [0.2, 0.25) is 10.0 Å². The minimum absolute atomic E-state index is 0.00130. The lowest BCUT2D eigenvalue weighted by Gasteiger charge is -2.31. The lowest BCUT2D eigenvalue weighted by Crippen LogP contribution is -2.49. The van der Waals surface area contributed by atoms with E-state index in [0.717, 1.165) is 0 Å². The zero-order valence-corrected chi connectivity index (χ0v) is 13.1. The first-order valence-electron chi connectivity index (χ1n) is 6.25. The van der Waals surface area contributed by atoms with Gasteiger partial charge in [0.05, 0.1) is 11.5 Å². The summed E-state index contributed by atoms with van der Waals surface area (Å²) in [6, 6.07) is 0.978. The molecule has 0 aromatic carbocycles. The molecule has 1 aromatic rings. The highest BCUT2D eigenvalue weighted by Crippen LogP contribution is 2.23. The summed E-state index contributed by atoms with van der Waals surface area (Å²) < 4.78 is 51.1. The van der Waals surface area contributed by atoms with Crippen molar-refractivity contribution in [2.45, 2.75) is 24.4 Å². The second-order valence-electron chi connectivity index (χ2n) is 5.06. The van der Waals surface area contributed by atoms with Gasteiger partial charge in [-0.1, -0.05) is 0 Å². The number of sulfone groups is 1. The topological polar surface area (TPSA) is 102 Å². The summed E-state index contributed by atoms with van der Waals surface area (Å²) >= 11 is 0. The molecule has 9 heteroatoms. The lowest BCUT2D eigenvalue weighted by atomic mass is 10.4. The van der Waals surface area contributed by atoms with E-state index in [4.69, 9.17) is 5.73 Å². The van der Waals surface area contributed by atoms with E-state index >= 15 is 0 Å². The molecule has 2 rings (SSSR count). The van der Waals surface area contributed by atoms with E-state index in [1.807, 2.05) is 0 Å². The van der Waals surface area contributed by atoms with Crippen molar-refractivity contribution in [3.8, 4) is 0 Å². The number of rotatable bonds is 3. The van der Waals surface area contributed by atoms with Gasteiger partial charge in [-0.3, -0.25) is 0 Å². The molecule has 1 aromatic heterocycles. The summed E-state index contributed by atoms with van der Waals surface area (Å²) in [5.74, 6) is -0.268. The summed E-state index contributed by atoms with van der Waals surface area (Å²) in [5, 5.41) is 0. The summed E-state index contributed by atoms with van der Waals surface area (Å²) in [7, 11) is -5.10. The highest BCUT2D eigenvalue weighted by molar-refractivity contribution is 7.92. The first-order valence-corrected chi connectivity index (χ1v) is 9.51. The molecular weight excluding hydrogens is 302 g/mol. The van der Waals surface area contributed by atoms with E-state index in [9.17, 15) is 16.8 Å². The molecule has 1 saturated heterocycles. The molecule has 1 aliphatic rings. The van der Waals surface area contributed by atoms with Crippen molar-refractivity contribution in [3.63, 3.8) is 0 Å². The predicted molar refractivity (Wildman–Crippen MR) is 75.3 cm³/mol. The highest BCUT2D eigenvalue weighted by atomic mass is 32.2. The number of hydrogen-bond acceptors (Lipinski definition) is 5. The zero-order valence-electron chi connectivity index (χ0n) is 11.5. The molecular formula is C11H19N3O4S2. The fraction of sp³-hybridized carbons (Fsp3) is 0.636. The molecule has 1 unspecified atom stereocenters. The van der Waals surface area contributed by atoms with Crippen LogP contribution in [0.1, 0.15) is 12.6 Å². The van der Waals surface area contributed by atoms with E-state index in [0.29, 0.717) is 5.69 Å². The van der Waals surface area contributed by atoms with Crippen LogP contribution in [0.2, 0.25) is 0 Å². The minimum Gasteiger partial charge on any atom is -0.352 e. The van der Waals surface area contributed by atoms with E-state index in [1.54, 1.807) is 18.5 Å². The van der Waals surface area contributed by atoms with Crippen LogP contribution in [0.5, 0.6) is 0 Å². The second-order valence-corrected chi connectivity index (χ2v) is 9.18. The fourth-order valence-electron chi connectivity index (χ4n) is 2.40. The molecule has 0 bridgehead atoms. The molecule has 0 amide bonds. The predicted octanol–water partition coefficient (Wildman–Crippen LogP) is -0.709. The normalized spacial score (nSPS) is 23.9. The van der Waals surface area contributed by atoms with Gasteiger partial charge in [0, 0.05) is 38.1 Å². The Hall–Kier alpha value is -0.900. The van der Waals surface area contributed by atoms with Crippen LogP contribution in [-0.2, 0) is 33.5 Å². The van der Waals surface area contributed by atoms with Crippen LogP contribution in [-0.4, -0.2) is 49.8 Å². The van der Waals surface area contributed by atoms with Gasteiger partial charge in [0.1, 0.15) is 4.90 Å². The summed E-state index contributed by atoms with van der Waals surface area (Å²) in [4.78, 5) is 0.159. The van der Waals surface area contributed by atoms with Gasteiger partial charge in [0.15, 0.2) is 9.84 Å². The van der Waals surface area contributed by atoms with Crippen molar-refractivity contribution in [1.29, 1.82) is 0 Å². The van der Waals surface area contributed by atoms with Crippen molar-refractivity contribution < 1.29 is 16.8 Å². The van der Waals surface area contributed by atoms with Gasteiger partial charge >= 0.3 is 0 Å². The molecule has 1 atom stereocenters. The Kier molecular flexibility index (Phi) is 3.98. The van der Waals surface area contributed by atoms with Crippen molar-refractivity contribution in [1.82, 2.24) is 8.87 Å². The third-order valence-electron chi connectivity index (χ3n) is 3.51.